The second-order valence-electron chi connectivity index (χ2n) is 20.4. The van der Waals surface area contributed by atoms with Gasteiger partial charge in [-0.15, -0.1) is 0 Å². The molecule has 1 amide bonds. The Labute approximate surface area is 417 Å². The van der Waals surface area contributed by atoms with Gasteiger partial charge < -0.3 is 45.1 Å². The number of allylic oxidation sites excluding steroid dienone is 1. The first-order chi connectivity index (χ1) is 33.2. The Kier molecular flexibility index (Phi) is 45.2. The maximum Gasteiger partial charge on any atom is 0.305 e. The van der Waals surface area contributed by atoms with Crippen molar-refractivity contribution in [2.45, 2.75) is 320 Å². The normalized spacial score (nSPS) is 19.4. The van der Waals surface area contributed by atoms with E-state index in [1.165, 1.54) is 186 Å². The Balaban J connectivity index is 2.12. The summed E-state index contributed by atoms with van der Waals surface area (Å²) in [7, 11) is 0. The molecular weight excluding hydrogens is 859 g/mol. The molecule has 0 bridgehead atoms. The van der Waals surface area contributed by atoms with Crippen LogP contribution in [0.3, 0.4) is 0 Å². The van der Waals surface area contributed by atoms with Crippen LogP contribution in [0.4, 0.5) is 0 Å². The van der Waals surface area contributed by atoms with Gasteiger partial charge in [-0.2, -0.15) is 0 Å². The molecule has 7 atom stereocenters. The molecule has 0 saturated carbocycles. The Morgan fingerprint density at radius 2 is 0.926 bits per heavy atom. The second-order valence-corrected chi connectivity index (χ2v) is 20.4. The number of esters is 1. The zero-order valence-electron chi connectivity index (χ0n) is 44.1. The number of aliphatic hydroxyl groups is 5. The van der Waals surface area contributed by atoms with Crippen LogP contribution >= 0.6 is 0 Å². The van der Waals surface area contributed by atoms with Gasteiger partial charge in [-0.3, -0.25) is 9.59 Å². The van der Waals surface area contributed by atoms with E-state index in [9.17, 15) is 35.1 Å². The molecule has 0 aromatic carbocycles. The SMILES string of the molecule is CCCCCCCCCCCCC/C=C/C(O)C(COC1OC(CO)C(O)C(O)C1O)NC(=O)CCCCCCCCCCCCCCCCCCOC(=O)CCCCCCCCCCCCC. The van der Waals surface area contributed by atoms with Crippen molar-refractivity contribution in [3.63, 3.8) is 0 Å². The van der Waals surface area contributed by atoms with E-state index < -0.39 is 49.5 Å². The molecule has 1 aliphatic rings. The van der Waals surface area contributed by atoms with Gasteiger partial charge in [0.05, 0.1) is 32.0 Å². The van der Waals surface area contributed by atoms with E-state index in [0.717, 1.165) is 64.2 Å². The predicted octanol–water partition coefficient (Wildman–Crippen LogP) is 12.8. The van der Waals surface area contributed by atoms with Crippen molar-refractivity contribution in [2.75, 3.05) is 19.8 Å². The molecule has 0 aromatic rings. The highest BCUT2D eigenvalue weighted by Crippen LogP contribution is 2.23. The van der Waals surface area contributed by atoms with Gasteiger partial charge in [0.15, 0.2) is 6.29 Å². The highest BCUT2D eigenvalue weighted by atomic mass is 16.7. The molecule has 0 aliphatic carbocycles. The van der Waals surface area contributed by atoms with Gasteiger partial charge >= 0.3 is 5.97 Å². The smallest absolute Gasteiger partial charge is 0.305 e. The molecule has 11 heteroatoms. The van der Waals surface area contributed by atoms with Crippen molar-refractivity contribution in [1.82, 2.24) is 5.32 Å². The maximum atomic E-state index is 13.0. The summed E-state index contributed by atoms with van der Waals surface area (Å²) in [6.07, 6.45) is 44.3. The van der Waals surface area contributed by atoms with Crippen LogP contribution in [-0.2, 0) is 23.8 Å². The molecule has 6 N–H and O–H groups in total. The number of amides is 1. The van der Waals surface area contributed by atoms with Crippen LogP contribution in [0.25, 0.3) is 0 Å². The third-order valence-electron chi connectivity index (χ3n) is 13.9. The predicted molar refractivity (Wildman–Crippen MR) is 278 cm³/mol. The molecule has 0 radical (unpaired) electrons. The first-order valence-electron chi connectivity index (χ1n) is 29.0. The highest BCUT2D eigenvalue weighted by molar-refractivity contribution is 5.76. The second kappa shape index (κ2) is 47.7. The summed E-state index contributed by atoms with van der Waals surface area (Å²) in [5.74, 6) is -0.202. The minimum absolute atomic E-state index is 0.0147. The minimum atomic E-state index is -1.57. The highest BCUT2D eigenvalue weighted by Gasteiger charge is 2.44. The first-order valence-corrected chi connectivity index (χ1v) is 29.0. The summed E-state index contributed by atoms with van der Waals surface area (Å²) in [6.45, 7) is 4.33. The summed E-state index contributed by atoms with van der Waals surface area (Å²) in [5, 5.41) is 54.4. The standard InChI is InChI=1S/C57H109NO10/c1-3-5-7-9-11-13-15-20-24-27-31-35-39-43-50(60)49(48-67-57-56(65)55(64)54(63)51(47-59)68-57)58-52(61)44-40-36-32-28-25-21-18-16-17-19-22-26-30-34-38-42-46-66-53(62)45-41-37-33-29-23-14-12-10-8-6-4-2/h39,43,49-51,54-57,59-60,63-65H,3-38,40-42,44-48H2,1-2H3,(H,58,61)/b43-39+. The fourth-order valence-corrected chi connectivity index (χ4v) is 9.26. The van der Waals surface area contributed by atoms with Gasteiger partial charge in [0, 0.05) is 12.8 Å². The summed E-state index contributed by atoms with van der Waals surface area (Å²) in [4.78, 5) is 25.0. The van der Waals surface area contributed by atoms with E-state index >= 15 is 0 Å². The fraction of sp³-hybridized carbons (Fsp3) is 0.930. The van der Waals surface area contributed by atoms with Crippen molar-refractivity contribution < 1.29 is 49.3 Å². The Hall–Kier alpha value is -1.60. The number of hydrogen-bond acceptors (Lipinski definition) is 10. The van der Waals surface area contributed by atoms with E-state index in [-0.39, 0.29) is 18.5 Å². The first kappa shape index (κ1) is 64.4. The Bertz CT molecular complexity index is 1140. The van der Waals surface area contributed by atoms with Crippen molar-refractivity contribution >= 4 is 11.9 Å². The average Bonchev–Trinajstić information content (AvgIpc) is 3.33. The van der Waals surface area contributed by atoms with E-state index in [4.69, 9.17) is 14.2 Å². The molecule has 1 heterocycles. The van der Waals surface area contributed by atoms with Crippen LogP contribution in [0.1, 0.15) is 277 Å². The monoisotopic (exact) mass is 968 g/mol. The minimum Gasteiger partial charge on any atom is -0.466 e. The van der Waals surface area contributed by atoms with Crippen LogP contribution in [0, 0.1) is 0 Å². The van der Waals surface area contributed by atoms with Gasteiger partial charge in [0.2, 0.25) is 5.91 Å². The lowest BCUT2D eigenvalue weighted by Crippen LogP contribution is -2.60. The zero-order valence-corrected chi connectivity index (χ0v) is 44.1. The van der Waals surface area contributed by atoms with Gasteiger partial charge in [-0.05, 0) is 32.1 Å². The van der Waals surface area contributed by atoms with Crippen LogP contribution in [0.15, 0.2) is 12.2 Å². The Morgan fingerprint density at radius 3 is 1.37 bits per heavy atom. The number of carbonyl (C=O) groups excluding carboxylic acids is 2. The summed E-state index contributed by atoms with van der Waals surface area (Å²) in [5.41, 5.74) is 0. The molecule has 1 fully saturated rings. The van der Waals surface area contributed by atoms with Crippen molar-refractivity contribution in [3.05, 3.63) is 12.2 Å². The number of ether oxygens (including phenoxy) is 3. The molecule has 0 aromatic heterocycles. The summed E-state index contributed by atoms with van der Waals surface area (Å²) < 4.78 is 16.7. The molecule has 7 unspecified atom stereocenters. The van der Waals surface area contributed by atoms with E-state index in [1.807, 2.05) is 6.08 Å². The number of hydrogen-bond donors (Lipinski definition) is 6. The molecule has 1 saturated heterocycles. The van der Waals surface area contributed by atoms with E-state index in [0.29, 0.717) is 19.4 Å². The number of rotatable bonds is 50. The van der Waals surface area contributed by atoms with Crippen LogP contribution < -0.4 is 5.32 Å². The van der Waals surface area contributed by atoms with Crippen molar-refractivity contribution in [1.29, 1.82) is 0 Å². The molecule has 11 nitrogen and oxygen atoms in total. The van der Waals surface area contributed by atoms with Crippen LogP contribution in [-0.4, -0.2) is 100 Å². The van der Waals surface area contributed by atoms with Gasteiger partial charge in [-0.25, -0.2) is 0 Å². The lowest BCUT2D eigenvalue weighted by Gasteiger charge is -2.40. The van der Waals surface area contributed by atoms with Crippen LogP contribution in [0.2, 0.25) is 0 Å². The topological polar surface area (TPSA) is 175 Å². The number of carbonyl (C=O) groups is 2. The van der Waals surface area contributed by atoms with Gasteiger partial charge in [0.25, 0.3) is 0 Å². The van der Waals surface area contributed by atoms with E-state index in [1.54, 1.807) is 6.08 Å². The Morgan fingerprint density at radius 1 is 0.529 bits per heavy atom. The summed E-state index contributed by atoms with van der Waals surface area (Å²) >= 11 is 0. The lowest BCUT2D eigenvalue weighted by atomic mass is 9.99. The largest absolute Gasteiger partial charge is 0.466 e. The van der Waals surface area contributed by atoms with Crippen molar-refractivity contribution in [2.24, 2.45) is 0 Å². The fourth-order valence-electron chi connectivity index (χ4n) is 9.26. The number of unbranched alkanes of at least 4 members (excludes halogenated alkanes) is 36. The third-order valence-corrected chi connectivity index (χ3v) is 13.9. The molecule has 402 valence electrons. The lowest BCUT2D eigenvalue weighted by molar-refractivity contribution is -0.302. The molecule has 1 rings (SSSR count). The zero-order chi connectivity index (χ0) is 49.6. The molecule has 0 spiro atoms. The summed E-state index contributed by atoms with van der Waals surface area (Å²) in [6, 6.07) is -0.813. The molecule has 1 aliphatic heterocycles. The molecule has 68 heavy (non-hydrogen) atoms. The molecular formula is C57H109NO10. The number of aliphatic hydroxyl groups excluding tert-OH is 5. The third kappa shape index (κ3) is 37.2. The van der Waals surface area contributed by atoms with Gasteiger partial charge in [-0.1, -0.05) is 244 Å². The maximum absolute atomic E-state index is 13.0. The number of nitrogens with one attached hydrogen (secondary N) is 1. The average molecular weight is 968 g/mol. The quantitative estimate of drug-likeness (QED) is 0.0196. The van der Waals surface area contributed by atoms with Gasteiger partial charge in [0.1, 0.15) is 24.4 Å². The van der Waals surface area contributed by atoms with Crippen LogP contribution in [0.5, 0.6) is 0 Å². The van der Waals surface area contributed by atoms with Crippen molar-refractivity contribution in [3.8, 4) is 0 Å². The van der Waals surface area contributed by atoms with E-state index in [2.05, 4.69) is 19.2 Å².